The van der Waals surface area contributed by atoms with Crippen LogP contribution in [0, 0.1) is 17.3 Å². The Morgan fingerprint density at radius 1 is 0.906 bits per heavy atom. The second-order valence-electron chi connectivity index (χ2n) is 12.1. The average molecular weight is 476 g/mol. The maximum atomic E-state index is 14.7. The van der Waals surface area contributed by atoms with Crippen molar-refractivity contribution in [3.63, 3.8) is 0 Å². The van der Waals surface area contributed by atoms with E-state index in [-0.39, 0.29) is 5.82 Å². The molecule has 0 unspecified atom stereocenters. The molecule has 5 heteroatoms. The Morgan fingerprint density at radius 3 is 1.78 bits per heavy atom. The number of hydrogen-bond donors (Lipinski definition) is 0. The van der Waals surface area contributed by atoms with E-state index < -0.39 is 25.7 Å². The zero-order valence-electron chi connectivity index (χ0n) is 22.2. The summed E-state index contributed by atoms with van der Waals surface area (Å²) in [5.41, 5.74) is 6.64. The lowest BCUT2D eigenvalue weighted by molar-refractivity contribution is 0.509. The summed E-state index contributed by atoms with van der Waals surface area (Å²) in [5.74, 6) is 3.15. The molecule has 0 aliphatic heterocycles. The van der Waals surface area contributed by atoms with Crippen LogP contribution in [0.4, 0.5) is 4.39 Å². The third kappa shape index (κ3) is 4.28. The van der Waals surface area contributed by atoms with Crippen LogP contribution in [0.5, 0.6) is 0 Å². The number of benzene rings is 1. The van der Waals surface area contributed by atoms with Crippen LogP contribution in [0.3, 0.4) is 0 Å². The number of rotatable bonds is 4. The fourth-order valence-corrected chi connectivity index (χ4v) is 15.1. The van der Waals surface area contributed by atoms with Gasteiger partial charge in [0.05, 0.1) is 11.1 Å². The van der Waals surface area contributed by atoms with E-state index in [4.69, 9.17) is 0 Å². The third-order valence-electron chi connectivity index (χ3n) is 7.13. The molecule has 0 saturated heterocycles. The molecular formula is C27H43FNOPSi. The lowest BCUT2D eigenvalue weighted by Gasteiger charge is -2.42. The van der Waals surface area contributed by atoms with Gasteiger partial charge in [0.1, 0.15) is 13.9 Å². The molecule has 0 N–H and O–H groups in total. The summed E-state index contributed by atoms with van der Waals surface area (Å²) >= 11 is 0. The maximum absolute atomic E-state index is 14.7. The first-order valence-electron chi connectivity index (χ1n) is 11.9. The van der Waals surface area contributed by atoms with Crippen molar-refractivity contribution in [2.24, 2.45) is 0 Å². The molecule has 0 amide bonds. The highest BCUT2D eigenvalue weighted by Crippen LogP contribution is 2.68. The molecule has 2 rings (SSSR count). The Balaban J connectivity index is 2.96. The van der Waals surface area contributed by atoms with Gasteiger partial charge in [-0.15, -0.1) is 5.54 Å². The van der Waals surface area contributed by atoms with Crippen molar-refractivity contribution in [3.8, 4) is 11.5 Å². The summed E-state index contributed by atoms with van der Waals surface area (Å²) in [6.45, 7) is 25.9. The highest BCUT2D eigenvalue weighted by atomic mass is 31.2. The minimum Gasteiger partial charge on any atom is -0.299 e. The molecule has 178 valence electrons. The van der Waals surface area contributed by atoms with Gasteiger partial charge in [-0.1, -0.05) is 89.0 Å². The molecule has 1 aromatic carbocycles. The van der Waals surface area contributed by atoms with Gasteiger partial charge < -0.3 is 0 Å². The van der Waals surface area contributed by atoms with E-state index in [0.29, 0.717) is 22.2 Å². The Morgan fingerprint density at radius 2 is 1.38 bits per heavy atom. The molecule has 0 spiro atoms. The van der Waals surface area contributed by atoms with Crippen molar-refractivity contribution in [2.45, 2.75) is 110 Å². The van der Waals surface area contributed by atoms with E-state index in [1.54, 1.807) is 0 Å². The quantitative estimate of drug-likeness (QED) is 0.245. The van der Waals surface area contributed by atoms with Crippen molar-refractivity contribution in [2.75, 3.05) is 0 Å². The largest absolute Gasteiger partial charge is 0.299 e. The smallest absolute Gasteiger partial charge is 0.186 e. The predicted molar refractivity (Wildman–Crippen MR) is 142 cm³/mol. The van der Waals surface area contributed by atoms with Crippen LogP contribution in [0.15, 0.2) is 24.4 Å². The second kappa shape index (κ2) is 8.81. The Labute approximate surface area is 196 Å². The fraction of sp³-hybridized carbons (Fsp3) is 0.630. The van der Waals surface area contributed by atoms with Crippen LogP contribution in [-0.4, -0.2) is 22.7 Å². The third-order valence-corrected chi connectivity index (χ3v) is 18.0. The van der Waals surface area contributed by atoms with Crippen LogP contribution in [0.25, 0.3) is 10.9 Å². The average Bonchev–Trinajstić information content (AvgIpc) is 3.02. The van der Waals surface area contributed by atoms with Crippen LogP contribution in [0.2, 0.25) is 16.6 Å². The number of fused-ring (bicyclic) bond motifs is 1. The number of nitrogens with zero attached hydrogens (tertiary/aromatic N) is 1. The van der Waals surface area contributed by atoms with Gasteiger partial charge in [-0.05, 0) is 34.8 Å². The summed E-state index contributed by atoms with van der Waals surface area (Å²) in [6, 6.07) is 4.94. The fourth-order valence-electron chi connectivity index (χ4n) is 5.82. The van der Waals surface area contributed by atoms with Crippen molar-refractivity contribution >= 4 is 26.3 Å². The summed E-state index contributed by atoms with van der Waals surface area (Å²) < 4.78 is 31.3. The number of halogens is 1. The van der Waals surface area contributed by atoms with Crippen LogP contribution in [-0.2, 0) is 4.57 Å². The standard InChI is InChI=1S/C27H43FNOPSi/c1-19(2)32(20(3)4,21(5)6)16-14-23-18-24(28)17-22-13-15-29(25(22)23)31(30,26(7,8)9)27(10,11)12/h13,15,17-21H,1-12H3. The molecule has 1 heterocycles. The van der Waals surface area contributed by atoms with E-state index in [1.165, 1.54) is 12.1 Å². The van der Waals surface area contributed by atoms with Crippen molar-refractivity contribution in [1.29, 1.82) is 0 Å². The molecule has 32 heavy (non-hydrogen) atoms. The van der Waals surface area contributed by atoms with Gasteiger partial charge in [-0.25, -0.2) is 4.39 Å². The van der Waals surface area contributed by atoms with Gasteiger partial charge in [0, 0.05) is 21.9 Å². The van der Waals surface area contributed by atoms with Crippen LogP contribution in [0.1, 0.15) is 88.6 Å². The topological polar surface area (TPSA) is 22.0 Å². The van der Waals surface area contributed by atoms with Gasteiger partial charge in [-0.3, -0.25) is 8.90 Å². The Kier molecular flexibility index (Phi) is 7.42. The molecule has 0 bridgehead atoms. The van der Waals surface area contributed by atoms with Crippen LogP contribution < -0.4 is 0 Å². The predicted octanol–water partition coefficient (Wildman–Crippen LogP) is 9.07. The highest BCUT2D eigenvalue weighted by Gasteiger charge is 2.48. The SMILES string of the molecule is CC(C)[Si](C#Cc1cc(F)cc2ccn(P(=O)(C(C)(C)C)C(C)(C)C)c12)(C(C)C)C(C)C. The Hall–Kier alpha value is -1.30. The molecule has 0 aliphatic carbocycles. The summed E-state index contributed by atoms with van der Waals surface area (Å²) in [6.07, 6.45) is 1.88. The van der Waals surface area contributed by atoms with Crippen molar-refractivity contribution in [3.05, 3.63) is 35.8 Å². The first kappa shape index (κ1) is 26.9. The molecule has 0 atom stereocenters. The van der Waals surface area contributed by atoms with Gasteiger partial charge in [0.2, 0.25) is 0 Å². The monoisotopic (exact) mass is 475 g/mol. The van der Waals surface area contributed by atoms with Crippen molar-refractivity contribution < 1.29 is 8.96 Å². The zero-order chi connectivity index (χ0) is 24.9. The normalized spacial score (nSPS) is 13.9. The lowest BCUT2D eigenvalue weighted by atomic mass is 10.1. The molecule has 2 nitrogen and oxygen atoms in total. The Bertz CT molecular complexity index is 1050. The first-order chi connectivity index (χ1) is 14.4. The van der Waals surface area contributed by atoms with E-state index in [9.17, 15) is 8.96 Å². The summed E-state index contributed by atoms with van der Waals surface area (Å²) in [7, 11) is -4.96. The van der Waals surface area contributed by atoms with Crippen LogP contribution >= 0.6 is 7.29 Å². The van der Waals surface area contributed by atoms with Gasteiger partial charge in [0.15, 0.2) is 7.29 Å². The minimum absolute atomic E-state index is 0.299. The second-order valence-corrected chi connectivity index (χ2v) is 22.0. The highest BCUT2D eigenvalue weighted by molar-refractivity contribution is 7.65. The maximum Gasteiger partial charge on any atom is 0.186 e. The molecule has 1 aromatic heterocycles. The molecule has 0 fully saturated rings. The summed E-state index contributed by atoms with van der Waals surface area (Å²) in [4.78, 5) is 0. The number of hydrogen-bond acceptors (Lipinski definition) is 1. The van der Waals surface area contributed by atoms with Gasteiger partial charge in [-0.2, -0.15) is 0 Å². The van der Waals surface area contributed by atoms with Gasteiger partial charge in [0.25, 0.3) is 0 Å². The summed E-state index contributed by atoms with van der Waals surface area (Å²) in [5, 5.41) is -0.153. The minimum atomic E-state index is -2.96. The molecule has 0 radical (unpaired) electrons. The molecule has 0 saturated carbocycles. The number of aromatic nitrogens is 1. The van der Waals surface area contributed by atoms with E-state index in [1.807, 2.05) is 58.1 Å². The van der Waals surface area contributed by atoms with Gasteiger partial charge >= 0.3 is 0 Å². The first-order valence-corrected chi connectivity index (χ1v) is 15.7. The van der Waals surface area contributed by atoms with E-state index in [2.05, 4.69) is 53.0 Å². The van der Waals surface area contributed by atoms with E-state index >= 15 is 0 Å². The van der Waals surface area contributed by atoms with Crippen molar-refractivity contribution in [1.82, 2.24) is 4.34 Å². The molecular weight excluding hydrogens is 432 g/mol. The molecule has 0 aliphatic rings. The lowest BCUT2D eigenvalue weighted by Crippen LogP contribution is -2.43. The zero-order valence-corrected chi connectivity index (χ0v) is 24.1. The van der Waals surface area contributed by atoms with E-state index in [0.717, 1.165) is 10.9 Å². The molecule has 2 aromatic rings.